The monoisotopic (exact) mass is 235 g/mol. The Labute approximate surface area is 101 Å². The number of rotatable bonds is 3. The third-order valence-electron chi connectivity index (χ3n) is 3.15. The predicted octanol–water partition coefficient (Wildman–Crippen LogP) is 1.79. The number of cyclic esters (lactones) is 1. The second-order valence-electron chi connectivity index (χ2n) is 4.42. The first kappa shape index (κ1) is 11.9. The first-order valence-corrected chi connectivity index (χ1v) is 5.75. The summed E-state index contributed by atoms with van der Waals surface area (Å²) in [6.07, 6.45) is -0.993. The van der Waals surface area contributed by atoms with Gasteiger partial charge in [-0.3, -0.25) is 0 Å². The van der Waals surface area contributed by atoms with E-state index >= 15 is 0 Å². The van der Waals surface area contributed by atoms with Crippen LogP contribution in [-0.4, -0.2) is 35.8 Å². The maximum Gasteiger partial charge on any atom is 0.410 e. The molecule has 1 unspecified atom stereocenters. The van der Waals surface area contributed by atoms with Gasteiger partial charge < -0.3 is 14.7 Å². The van der Waals surface area contributed by atoms with Crippen molar-refractivity contribution >= 4 is 6.09 Å². The van der Waals surface area contributed by atoms with E-state index in [0.717, 1.165) is 11.1 Å². The van der Waals surface area contributed by atoms with Crippen LogP contribution < -0.4 is 0 Å². The van der Waals surface area contributed by atoms with E-state index in [1.165, 1.54) is 10.5 Å². The van der Waals surface area contributed by atoms with Crippen molar-refractivity contribution in [3.8, 4) is 0 Å². The van der Waals surface area contributed by atoms with Crippen molar-refractivity contribution in [1.29, 1.82) is 0 Å². The fourth-order valence-electron chi connectivity index (χ4n) is 1.88. The van der Waals surface area contributed by atoms with Crippen LogP contribution in [0.3, 0.4) is 0 Å². The first-order valence-electron chi connectivity index (χ1n) is 5.75. The molecule has 1 amide bonds. The molecule has 1 aromatic carbocycles. The number of β-amino-alcohol motifs (C(OH)–C–C–N with tert-alkyl or cyclic N) is 1. The molecule has 0 aliphatic carbocycles. The topological polar surface area (TPSA) is 49.8 Å². The average Bonchev–Trinajstić information content (AvgIpc) is 2.68. The number of carbonyl (C=O) groups excluding carboxylic acids is 1. The van der Waals surface area contributed by atoms with Crippen LogP contribution in [0, 0.1) is 13.8 Å². The molecule has 1 N–H and O–H groups in total. The summed E-state index contributed by atoms with van der Waals surface area (Å²) in [6, 6.07) is 5.84. The largest absolute Gasteiger partial charge is 0.448 e. The Kier molecular flexibility index (Phi) is 3.33. The van der Waals surface area contributed by atoms with Crippen molar-refractivity contribution in [1.82, 2.24) is 4.90 Å². The highest BCUT2D eigenvalue weighted by molar-refractivity contribution is 5.69. The number of aliphatic hydroxyl groups is 1. The molecule has 0 aromatic heterocycles. The van der Waals surface area contributed by atoms with Crippen LogP contribution in [0.1, 0.15) is 22.8 Å². The standard InChI is InChI=1S/C13H17NO3/c1-9-3-4-11(7-10(9)2)12(15)8-14-5-6-17-13(14)16/h3-4,7,12,15H,5-6,8H2,1-2H3. The van der Waals surface area contributed by atoms with Crippen LogP contribution in [0.5, 0.6) is 0 Å². The average molecular weight is 235 g/mol. The van der Waals surface area contributed by atoms with E-state index in [2.05, 4.69) is 0 Å². The lowest BCUT2D eigenvalue weighted by Gasteiger charge is -2.18. The molecule has 4 heteroatoms. The molecule has 0 spiro atoms. The Hall–Kier alpha value is -1.55. The molecule has 1 aliphatic rings. The van der Waals surface area contributed by atoms with Crippen LogP contribution in [-0.2, 0) is 4.74 Å². The van der Waals surface area contributed by atoms with Gasteiger partial charge in [0.1, 0.15) is 6.61 Å². The number of aliphatic hydroxyl groups excluding tert-OH is 1. The highest BCUT2D eigenvalue weighted by Gasteiger charge is 2.24. The Morgan fingerprint density at radius 1 is 1.41 bits per heavy atom. The summed E-state index contributed by atoms with van der Waals surface area (Å²) in [4.78, 5) is 12.8. The van der Waals surface area contributed by atoms with Crippen molar-refractivity contribution in [3.63, 3.8) is 0 Å². The van der Waals surface area contributed by atoms with E-state index < -0.39 is 6.10 Å². The Morgan fingerprint density at radius 2 is 2.18 bits per heavy atom. The van der Waals surface area contributed by atoms with Gasteiger partial charge in [0.2, 0.25) is 0 Å². The van der Waals surface area contributed by atoms with Crippen molar-refractivity contribution < 1.29 is 14.6 Å². The summed E-state index contributed by atoms with van der Waals surface area (Å²) in [5.74, 6) is 0. The summed E-state index contributed by atoms with van der Waals surface area (Å²) >= 11 is 0. The zero-order valence-electron chi connectivity index (χ0n) is 10.1. The van der Waals surface area contributed by atoms with Gasteiger partial charge in [-0.25, -0.2) is 4.79 Å². The van der Waals surface area contributed by atoms with Gasteiger partial charge in [-0.2, -0.15) is 0 Å². The van der Waals surface area contributed by atoms with E-state index in [-0.39, 0.29) is 6.09 Å². The second-order valence-corrected chi connectivity index (χ2v) is 4.42. The normalized spacial score (nSPS) is 17.1. The van der Waals surface area contributed by atoms with Gasteiger partial charge in [0.25, 0.3) is 0 Å². The summed E-state index contributed by atoms with van der Waals surface area (Å²) in [5.41, 5.74) is 3.18. The number of nitrogens with zero attached hydrogens (tertiary/aromatic N) is 1. The molecular weight excluding hydrogens is 218 g/mol. The van der Waals surface area contributed by atoms with Gasteiger partial charge >= 0.3 is 6.09 Å². The Balaban J connectivity index is 2.06. The van der Waals surface area contributed by atoms with Gasteiger partial charge in [0, 0.05) is 0 Å². The fraction of sp³-hybridized carbons (Fsp3) is 0.462. The summed E-state index contributed by atoms with van der Waals surface area (Å²) in [6.45, 7) is 5.31. The molecule has 2 rings (SSSR count). The minimum absolute atomic E-state index is 0.293. The number of amides is 1. The summed E-state index contributed by atoms with van der Waals surface area (Å²) in [5, 5.41) is 10.1. The predicted molar refractivity (Wildman–Crippen MR) is 63.8 cm³/mol. The number of carbonyl (C=O) groups is 1. The van der Waals surface area contributed by atoms with E-state index in [1.54, 1.807) is 0 Å². The summed E-state index contributed by atoms with van der Waals surface area (Å²) in [7, 11) is 0. The van der Waals surface area contributed by atoms with E-state index in [1.807, 2.05) is 32.0 Å². The third kappa shape index (κ3) is 2.58. The maximum absolute atomic E-state index is 11.3. The minimum Gasteiger partial charge on any atom is -0.448 e. The fourth-order valence-corrected chi connectivity index (χ4v) is 1.88. The number of hydrogen-bond donors (Lipinski definition) is 1. The van der Waals surface area contributed by atoms with Gasteiger partial charge in [-0.1, -0.05) is 18.2 Å². The zero-order chi connectivity index (χ0) is 12.4. The van der Waals surface area contributed by atoms with E-state index in [0.29, 0.717) is 19.7 Å². The van der Waals surface area contributed by atoms with Crippen LogP contribution in [0.4, 0.5) is 4.79 Å². The zero-order valence-corrected chi connectivity index (χ0v) is 10.1. The summed E-state index contributed by atoms with van der Waals surface area (Å²) < 4.78 is 4.82. The van der Waals surface area contributed by atoms with Gasteiger partial charge in [0.05, 0.1) is 19.2 Å². The molecule has 4 nitrogen and oxygen atoms in total. The molecule has 1 saturated heterocycles. The number of aryl methyl sites for hydroxylation is 2. The van der Waals surface area contributed by atoms with Crippen molar-refractivity contribution in [2.45, 2.75) is 20.0 Å². The highest BCUT2D eigenvalue weighted by atomic mass is 16.6. The maximum atomic E-state index is 11.3. The van der Waals surface area contributed by atoms with Crippen molar-refractivity contribution in [2.75, 3.05) is 19.7 Å². The smallest absolute Gasteiger partial charge is 0.410 e. The molecular formula is C13H17NO3. The molecule has 0 bridgehead atoms. The third-order valence-corrected chi connectivity index (χ3v) is 3.15. The SMILES string of the molecule is Cc1ccc(C(O)CN2CCOC2=O)cc1C. The van der Waals surface area contributed by atoms with Crippen molar-refractivity contribution in [2.24, 2.45) is 0 Å². The molecule has 1 heterocycles. The molecule has 1 atom stereocenters. The molecule has 0 radical (unpaired) electrons. The van der Waals surface area contributed by atoms with Gasteiger partial charge in [-0.05, 0) is 30.5 Å². The molecule has 1 aromatic rings. The Morgan fingerprint density at radius 3 is 2.76 bits per heavy atom. The lowest BCUT2D eigenvalue weighted by Crippen LogP contribution is -2.29. The van der Waals surface area contributed by atoms with Crippen molar-refractivity contribution in [3.05, 3.63) is 34.9 Å². The molecule has 0 saturated carbocycles. The van der Waals surface area contributed by atoms with E-state index in [9.17, 15) is 9.90 Å². The molecule has 1 aliphatic heterocycles. The Bertz CT molecular complexity index is 431. The van der Waals surface area contributed by atoms with E-state index in [4.69, 9.17) is 4.74 Å². The second kappa shape index (κ2) is 4.75. The van der Waals surface area contributed by atoms with Crippen LogP contribution in [0.25, 0.3) is 0 Å². The van der Waals surface area contributed by atoms with Gasteiger partial charge in [-0.15, -0.1) is 0 Å². The number of benzene rings is 1. The molecule has 92 valence electrons. The quantitative estimate of drug-likeness (QED) is 0.869. The highest BCUT2D eigenvalue weighted by Crippen LogP contribution is 2.19. The minimum atomic E-state index is -0.653. The van der Waals surface area contributed by atoms with Gasteiger partial charge in [0.15, 0.2) is 0 Å². The lowest BCUT2D eigenvalue weighted by molar-refractivity contribution is 0.118. The molecule has 1 fully saturated rings. The lowest BCUT2D eigenvalue weighted by atomic mass is 10.0. The molecule has 17 heavy (non-hydrogen) atoms. The van der Waals surface area contributed by atoms with Crippen LogP contribution in [0.15, 0.2) is 18.2 Å². The first-order chi connectivity index (χ1) is 8.08. The van der Waals surface area contributed by atoms with Crippen LogP contribution in [0.2, 0.25) is 0 Å². The number of ether oxygens (including phenoxy) is 1. The number of hydrogen-bond acceptors (Lipinski definition) is 3. The van der Waals surface area contributed by atoms with Crippen LogP contribution >= 0.6 is 0 Å².